The van der Waals surface area contributed by atoms with Gasteiger partial charge in [0.05, 0.1) is 5.92 Å². The summed E-state index contributed by atoms with van der Waals surface area (Å²) in [4.78, 5) is 41.1. The first kappa shape index (κ1) is 23.6. The molecule has 1 aliphatic carbocycles. The van der Waals surface area contributed by atoms with Crippen LogP contribution in [0.4, 0.5) is 0 Å². The Morgan fingerprint density at radius 2 is 1.11 bits per heavy atom. The van der Waals surface area contributed by atoms with Crippen LogP contribution in [0.2, 0.25) is 0 Å². The summed E-state index contributed by atoms with van der Waals surface area (Å²) in [6, 6.07) is 36.1. The molecule has 0 saturated carbocycles. The minimum Gasteiger partial charge on any atom is -0.299 e. The molecule has 5 rings (SSSR count). The Morgan fingerprint density at radius 1 is 0.583 bits per heavy atom. The summed E-state index contributed by atoms with van der Waals surface area (Å²) < 4.78 is 0. The van der Waals surface area contributed by atoms with Crippen LogP contribution < -0.4 is 0 Å². The van der Waals surface area contributed by atoms with Crippen LogP contribution in [0.15, 0.2) is 115 Å². The Balaban J connectivity index is 1.52. The predicted octanol–water partition coefficient (Wildman–Crippen LogP) is 6.84. The summed E-state index contributed by atoms with van der Waals surface area (Å²) in [6.45, 7) is 0. The van der Waals surface area contributed by atoms with Crippen molar-refractivity contribution in [1.29, 1.82) is 0 Å². The highest BCUT2D eigenvalue weighted by Gasteiger charge is 2.48. The lowest BCUT2D eigenvalue weighted by Gasteiger charge is -2.24. The lowest BCUT2D eigenvalue weighted by atomic mass is 9.76. The Bertz CT molecular complexity index is 1360. The fraction of sp³-hybridized carbons (Fsp3) is 0.182. The van der Waals surface area contributed by atoms with Gasteiger partial charge >= 0.3 is 0 Å². The molecule has 0 unspecified atom stereocenters. The number of rotatable bonds is 9. The predicted molar refractivity (Wildman–Crippen MR) is 141 cm³/mol. The zero-order chi connectivity index (χ0) is 24.9. The molecule has 3 atom stereocenters. The van der Waals surface area contributed by atoms with Gasteiger partial charge in [-0.3, -0.25) is 14.4 Å². The molecule has 36 heavy (non-hydrogen) atoms. The van der Waals surface area contributed by atoms with E-state index in [1.807, 2.05) is 91.0 Å². The van der Waals surface area contributed by atoms with E-state index >= 15 is 0 Å². The maximum absolute atomic E-state index is 14.0. The van der Waals surface area contributed by atoms with E-state index in [2.05, 4.69) is 0 Å². The van der Waals surface area contributed by atoms with Gasteiger partial charge < -0.3 is 0 Å². The van der Waals surface area contributed by atoms with Crippen LogP contribution in [0.25, 0.3) is 0 Å². The van der Waals surface area contributed by atoms with Crippen molar-refractivity contribution >= 4 is 17.3 Å². The number of carbonyl (C=O) groups is 3. The minimum absolute atomic E-state index is 0.0151. The first-order chi connectivity index (χ1) is 17.6. The molecule has 4 aromatic rings. The molecule has 0 amide bonds. The smallest absolute Gasteiger partial charge is 0.167 e. The molecule has 0 fully saturated rings. The molecule has 3 nitrogen and oxygen atoms in total. The first-order valence-corrected chi connectivity index (χ1v) is 12.5. The number of benzene rings is 4. The zero-order valence-electron chi connectivity index (χ0n) is 20.0. The average Bonchev–Trinajstić information content (AvgIpc) is 3.26. The van der Waals surface area contributed by atoms with Crippen molar-refractivity contribution in [2.75, 3.05) is 0 Å². The van der Waals surface area contributed by atoms with Crippen LogP contribution in [0.5, 0.6) is 0 Å². The summed E-state index contributed by atoms with van der Waals surface area (Å²) in [5.41, 5.74) is 4.12. The average molecular weight is 473 g/mol. The highest BCUT2D eigenvalue weighted by molar-refractivity contribution is 6.05. The number of carbonyl (C=O) groups excluding carboxylic acids is 3. The number of fused-ring (bicyclic) bond motifs is 1. The van der Waals surface area contributed by atoms with Gasteiger partial charge in [-0.2, -0.15) is 0 Å². The van der Waals surface area contributed by atoms with E-state index in [0.717, 1.165) is 16.7 Å². The molecule has 0 bridgehead atoms. The van der Waals surface area contributed by atoms with Crippen LogP contribution in [0.1, 0.15) is 62.1 Å². The maximum atomic E-state index is 14.0. The van der Waals surface area contributed by atoms with E-state index in [1.54, 1.807) is 24.3 Å². The van der Waals surface area contributed by atoms with Crippen LogP contribution in [0.3, 0.4) is 0 Å². The second-order valence-corrected chi connectivity index (χ2v) is 9.41. The number of aryl methyl sites for hydroxylation is 1. The topological polar surface area (TPSA) is 51.2 Å². The molecule has 178 valence electrons. The summed E-state index contributed by atoms with van der Waals surface area (Å²) in [5, 5.41) is 0. The van der Waals surface area contributed by atoms with Crippen LogP contribution >= 0.6 is 0 Å². The van der Waals surface area contributed by atoms with E-state index in [0.29, 0.717) is 24.0 Å². The monoisotopic (exact) mass is 472 g/mol. The summed E-state index contributed by atoms with van der Waals surface area (Å²) in [6.07, 6.45) is 1.16. The molecule has 0 N–H and O–H groups in total. The fourth-order valence-corrected chi connectivity index (χ4v) is 5.50. The highest BCUT2D eigenvalue weighted by atomic mass is 16.1. The Hall–Kier alpha value is -4.11. The molecule has 0 aliphatic heterocycles. The fourth-order valence-electron chi connectivity index (χ4n) is 5.50. The van der Waals surface area contributed by atoms with E-state index < -0.39 is 11.8 Å². The Morgan fingerprint density at radius 3 is 1.75 bits per heavy atom. The highest BCUT2D eigenvalue weighted by Crippen LogP contribution is 2.50. The number of Topliss-reactive ketones (excluding diaryl/α,β-unsaturated/α-hetero) is 3. The number of ketones is 3. The van der Waals surface area contributed by atoms with Gasteiger partial charge in [0.2, 0.25) is 0 Å². The molecule has 3 heteroatoms. The maximum Gasteiger partial charge on any atom is 0.167 e. The first-order valence-electron chi connectivity index (χ1n) is 12.5. The van der Waals surface area contributed by atoms with Crippen molar-refractivity contribution in [2.24, 2.45) is 5.92 Å². The van der Waals surface area contributed by atoms with Crippen molar-refractivity contribution in [3.05, 3.63) is 143 Å². The molecular formula is C33H28O3. The quantitative estimate of drug-likeness (QED) is 0.251. The zero-order valence-corrected chi connectivity index (χ0v) is 20.0. The molecular weight excluding hydrogens is 444 g/mol. The van der Waals surface area contributed by atoms with Crippen molar-refractivity contribution in [1.82, 2.24) is 0 Å². The normalized spacial score (nSPS) is 18.4. The van der Waals surface area contributed by atoms with Crippen LogP contribution in [-0.4, -0.2) is 17.3 Å². The second-order valence-electron chi connectivity index (χ2n) is 9.41. The van der Waals surface area contributed by atoms with Crippen molar-refractivity contribution in [3.63, 3.8) is 0 Å². The summed E-state index contributed by atoms with van der Waals surface area (Å²) in [5.74, 6) is -1.57. The molecule has 0 heterocycles. The SMILES string of the molecule is O=C(C[C@@H]1c2ccccc2[C@@H](C(=O)CCc2ccccc2)[C@@H]1C(=O)c1ccccc1)c1ccccc1. The molecule has 4 aromatic carbocycles. The van der Waals surface area contributed by atoms with Gasteiger partial charge in [0.15, 0.2) is 11.6 Å². The van der Waals surface area contributed by atoms with Crippen molar-refractivity contribution in [3.8, 4) is 0 Å². The van der Waals surface area contributed by atoms with E-state index in [-0.39, 0.29) is 29.7 Å². The third-order valence-electron chi connectivity index (χ3n) is 7.24. The molecule has 0 aromatic heterocycles. The third-order valence-corrected chi connectivity index (χ3v) is 7.24. The minimum atomic E-state index is -0.610. The number of hydrogen-bond acceptors (Lipinski definition) is 3. The molecule has 1 aliphatic rings. The van der Waals surface area contributed by atoms with Gasteiger partial charge in [-0.05, 0) is 23.1 Å². The third kappa shape index (κ3) is 4.83. The van der Waals surface area contributed by atoms with Gasteiger partial charge in [-0.25, -0.2) is 0 Å². The summed E-state index contributed by atoms with van der Waals surface area (Å²) >= 11 is 0. The van der Waals surface area contributed by atoms with Gasteiger partial charge in [0.25, 0.3) is 0 Å². The van der Waals surface area contributed by atoms with E-state index in [9.17, 15) is 14.4 Å². The lowest BCUT2D eigenvalue weighted by molar-refractivity contribution is -0.121. The number of hydrogen-bond donors (Lipinski definition) is 0. The van der Waals surface area contributed by atoms with Crippen LogP contribution in [0, 0.1) is 5.92 Å². The van der Waals surface area contributed by atoms with Gasteiger partial charge in [0, 0.05) is 35.8 Å². The Kier molecular flexibility index (Phi) is 6.99. The molecule has 0 radical (unpaired) electrons. The van der Waals surface area contributed by atoms with Crippen molar-refractivity contribution in [2.45, 2.75) is 31.1 Å². The van der Waals surface area contributed by atoms with Gasteiger partial charge in [-0.1, -0.05) is 115 Å². The molecule has 0 saturated heterocycles. The summed E-state index contributed by atoms with van der Waals surface area (Å²) in [7, 11) is 0. The van der Waals surface area contributed by atoms with E-state index in [4.69, 9.17) is 0 Å². The van der Waals surface area contributed by atoms with Crippen molar-refractivity contribution < 1.29 is 14.4 Å². The van der Waals surface area contributed by atoms with Gasteiger partial charge in [0.1, 0.15) is 5.78 Å². The van der Waals surface area contributed by atoms with Gasteiger partial charge in [-0.15, -0.1) is 0 Å². The molecule has 0 spiro atoms. The lowest BCUT2D eigenvalue weighted by Crippen LogP contribution is -2.29. The standard InChI is InChI=1S/C33H28O3/c34-29(21-20-23-12-4-1-5-13-23)31-27-19-11-10-18-26(27)28(22-30(35)24-14-6-2-7-15-24)32(31)33(36)25-16-8-3-9-17-25/h1-19,28,31-32H,20-22H2/t28-,31+,32-/m1/s1. The Labute approximate surface area is 211 Å². The van der Waals surface area contributed by atoms with Crippen LogP contribution in [-0.2, 0) is 11.2 Å². The van der Waals surface area contributed by atoms with E-state index in [1.165, 1.54) is 0 Å². The second kappa shape index (κ2) is 10.7. The largest absolute Gasteiger partial charge is 0.299 e.